The van der Waals surface area contributed by atoms with Crippen molar-refractivity contribution in [3.8, 4) is 11.1 Å². The van der Waals surface area contributed by atoms with E-state index in [1.807, 2.05) is 12.3 Å². The zero-order valence-corrected chi connectivity index (χ0v) is 12.0. The molecule has 0 aliphatic carbocycles. The Morgan fingerprint density at radius 1 is 0.950 bits per heavy atom. The van der Waals surface area contributed by atoms with E-state index in [1.165, 1.54) is 24.0 Å². The van der Waals surface area contributed by atoms with Gasteiger partial charge in [0.15, 0.2) is 0 Å². The number of unbranched alkanes of at least 4 members (excludes halogenated alkanes) is 2. The molecule has 20 heavy (non-hydrogen) atoms. The van der Waals surface area contributed by atoms with Gasteiger partial charge in [-0.1, -0.05) is 73.1 Å². The van der Waals surface area contributed by atoms with Crippen LogP contribution in [-0.4, -0.2) is 6.21 Å². The lowest BCUT2D eigenvalue weighted by molar-refractivity contribution is 0.131. The summed E-state index contributed by atoms with van der Waals surface area (Å²) in [6.45, 7) is 2.70. The van der Waals surface area contributed by atoms with Crippen molar-refractivity contribution in [1.29, 1.82) is 0 Å². The molecule has 0 fully saturated rings. The highest BCUT2D eigenvalue weighted by Gasteiger charge is 1.97. The predicted octanol–water partition coefficient (Wildman–Crippen LogP) is 5.05. The first kappa shape index (κ1) is 14.3. The van der Waals surface area contributed by atoms with Crippen molar-refractivity contribution in [3.05, 3.63) is 60.2 Å². The van der Waals surface area contributed by atoms with Gasteiger partial charge in [0, 0.05) is 6.21 Å². The first-order valence-corrected chi connectivity index (χ1v) is 7.18. The molecule has 104 valence electrons. The molecule has 0 radical (unpaired) electrons. The monoisotopic (exact) mass is 267 g/mol. The summed E-state index contributed by atoms with van der Waals surface area (Å²) >= 11 is 0. The SMILES string of the molecule is CCCCC=NOCc1ccc(-c2ccccc2)cc1. The van der Waals surface area contributed by atoms with Gasteiger partial charge in [-0.2, -0.15) is 0 Å². The molecule has 0 saturated heterocycles. The molecule has 0 heterocycles. The standard InChI is InChI=1S/C18H21NO/c1-2-3-7-14-19-20-15-16-10-12-18(13-11-16)17-8-5-4-6-9-17/h4-6,8-14H,2-3,7,15H2,1H3. The maximum Gasteiger partial charge on any atom is 0.142 e. The van der Waals surface area contributed by atoms with Gasteiger partial charge in [0.2, 0.25) is 0 Å². The van der Waals surface area contributed by atoms with Crippen LogP contribution in [0, 0.1) is 0 Å². The number of oxime groups is 1. The fraction of sp³-hybridized carbons (Fsp3) is 0.278. The van der Waals surface area contributed by atoms with Crippen LogP contribution in [0.15, 0.2) is 59.8 Å². The Bertz CT molecular complexity index is 517. The molecule has 0 aromatic heterocycles. The van der Waals surface area contributed by atoms with E-state index in [0.717, 1.165) is 12.0 Å². The molecule has 2 nitrogen and oxygen atoms in total. The Hall–Kier alpha value is -2.09. The smallest absolute Gasteiger partial charge is 0.142 e. The molecule has 2 heteroatoms. The average molecular weight is 267 g/mol. The van der Waals surface area contributed by atoms with Crippen molar-refractivity contribution in [1.82, 2.24) is 0 Å². The van der Waals surface area contributed by atoms with Gasteiger partial charge >= 0.3 is 0 Å². The lowest BCUT2D eigenvalue weighted by atomic mass is 10.0. The van der Waals surface area contributed by atoms with Crippen LogP contribution in [-0.2, 0) is 11.4 Å². The van der Waals surface area contributed by atoms with Gasteiger partial charge in [-0.15, -0.1) is 0 Å². The highest BCUT2D eigenvalue weighted by Crippen LogP contribution is 2.19. The molecule has 2 rings (SSSR count). The van der Waals surface area contributed by atoms with Gasteiger partial charge in [-0.05, 0) is 29.5 Å². The molecule has 0 atom stereocenters. The number of nitrogens with zero attached hydrogens (tertiary/aromatic N) is 1. The molecular weight excluding hydrogens is 246 g/mol. The molecule has 2 aromatic rings. The van der Waals surface area contributed by atoms with Crippen LogP contribution >= 0.6 is 0 Å². The number of rotatable bonds is 7. The van der Waals surface area contributed by atoms with E-state index in [2.05, 4.69) is 60.6 Å². The van der Waals surface area contributed by atoms with Gasteiger partial charge in [-0.25, -0.2) is 0 Å². The zero-order valence-electron chi connectivity index (χ0n) is 12.0. The molecule has 0 unspecified atom stereocenters. The molecule has 2 aromatic carbocycles. The van der Waals surface area contributed by atoms with Gasteiger partial charge in [0.1, 0.15) is 6.61 Å². The van der Waals surface area contributed by atoms with Crippen molar-refractivity contribution >= 4 is 6.21 Å². The zero-order chi connectivity index (χ0) is 14.0. The third-order valence-corrected chi connectivity index (χ3v) is 3.13. The van der Waals surface area contributed by atoms with Crippen LogP contribution < -0.4 is 0 Å². The van der Waals surface area contributed by atoms with Crippen molar-refractivity contribution in [2.45, 2.75) is 32.8 Å². The largest absolute Gasteiger partial charge is 0.391 e. The third-order valence-electron chi connectivity index (χ3n) is 3.13. The highest BCUT2D eigenvalue weighted by atomic mass is 16.6. The number of hydrogen-bond donors (Lipinski definition) is 0. The topological polar surface area (TPSA) is 21.6 Å². The second-order valence-corrected chi connectivity index (χ2v) is 4.77. The fourth-order valence-electron chi connectivity index (χ4n) is 1.94. The van der Waals surface area contributed by atoms with E-state index in [9.17, 15) is 0 Å². The molecule has 0 N–H and O–H groups in total. The van der Waals surface area contributed by atoms with E-state index in [-0.39, 0.29) is 0 Å². The second kappa shape index (κ2) is 8.16. The van der Waals surface area contributed by atoms with Gasteiger partial charge in [-0.3, -0.25) is 0 Å². The maximum absolute atomic E-state index is 5.28. The molecule has 0 aliphatic heterocycles. The molecule has 0 aliphatic rings. The van der Waals surface area contributed by atoms with E-state index < -0.39 is 0 Å². The summed E-state index contributed by atoms with van der Waals surface area (Å²) in [6, 6.07) is 18.8. The summed E-state index contributed by atoms with van der Waals surface area (Å²) in [4.78, 5) is 5.28. The summed E-state index contributed by atoms with van der Waals surface area (Å²) in [5, 5.41) is 3.96. The highest BCUT2D eigenvalue weighted by molar-refractivity contribution is 5.63. The Morgan fingerprint density at radius 2 is 1.65 bits per heavy atom. The summed E-state index contributed by atoms with van der Waals surface area (Å²) in [6.07, 6.45) is 5.19. The summed E-state index contributed by atoms with van der Waals surface area (Å²) in [5.41, 5.74) is 3.59. The molecule has 0 saturated carbocycles. The normalized spacial score (nSPS) is 10.8. The van der Waals surface area contributed by atoms with E-state index in [1.54, 1.807) is 0 Å². The fourth-order valence-corrected chi connectivity index (χ4v) is 1.94. The van der Waals surface area contributed by atoms with Crippen molar-refractivity contribution in [3.63, 3.8) is 0 Å². The van der Waals surface area contributed by atoms with Crippen LogP contribution in [0.25, 0.3) is 11.1 Å². The third kappa shape index (κ3) is 4.54. The Kier molecular flexibility index (Phi) is 5.84. The van der Waals surface area contributed by atoms with E-state index >= 15 is 0 Å². The van der Waals surface area contributed by atoms with E-state index in [0.29, 0.717) is 6.61 Å². The summed E-state index contributed by atoms with van der Waals surface area (Å²) in [5.74, 6) is 0. The average Bonchev–Trinajstić information content (AvgIpc) is 2.52. The van der Waals surface area contributed by atoms with Crippen LogP contribution in [0.1, 0.15) is 31.7 Å². The van der Waals surface area contributed by atoms with Gasteiger partial charge in [0.05, 0.1) is 0 Å². The van der Waals surface area contributed by atoms with Gasteiger partial charge in [0.25, 0.3) is 0 Å². The van der Waals surface area contributed by atoms with Crippen LogP contribution in [0.4, 0.5) is 0 Å². The molecule has 0 spiro atoms. The van der Waals surface area contributed by atoms with Crippen LogP contribution in [0.5, 0.6) is 0 Å². The van der Waals surface area contributed by atoms with Crippen LogP contribution in [0.2, 0.25) is 0 Å². The Balaban J connectivity index is 1.84. The summed E-state index contributed by atoms with van der Waals surface area (Å²) < 4.78 is 0. The van der Waals surface area contributed by atoms with E-state index in [4.69, 9.17) is 4.84 Å². The molecule has 0 amide bonds. The van der Waals surface area contributed by atoms with Crippen molar-refractivity contribution < 1.29 is 4.84 Å². The van der Waals surface area contributed by atoms with Crippen molar-refractivity contribution in [2.24, 2.45) is 5.16 Å². The maximum atomic E-state index is 5.28. The minimum absolute atomic E-state index is 0.525. The predicted molar refractivity (Wildman–Crippen MR) is 84.7 cm³/mol. The Labute approximate surface area is 121 Å². The quantitative estimate of drug-likeness (QED) is 0.391. The summed E-state index contributed by atoms with van der Waals surface area (Å²) in [7, 11) is 0. The van der Waals surface area contributed by atoms with Crippen LogP contribution in [0.3, 0.4) is 0 Å². The molecular formula is C18H21NO. The minimum Gasteiger partial charge on any atom is -0.391 e. The number of benzene rings is 2. The molecule has 0 bridgehead atoms. The second-order valence-electron chi connectivity index (χ2n) is 4.77. The van der Waals surface area contributed by atoms with Crippen molar-refractivity contribution in [2.75, 3.05) is 0 Å². The lowest BCUT2D eigenvalue weighted by Crippen LogP contribution is -1.88. The first-order valence-electron chi connectivity index (χ1n) is 7.18. The Morgan fingerprint density at radius 3 is 2.35 bits per heavy atom. The minimum atomic E-state index is 0.525. The lowest BCUT2D eigenvalue weighted by Gasteiger charge is -2.03. The number of hydrogen-bond acceptors (Lipinski definition) is 2. The first-order chi connectivity index (χ1) is 9.90. The van der Waals surface area contributed by atoms with Gasteiger partial charge < -0.3 is 4.84 Å².